The topological polar surface area (TPSA) is 90.4 Å². The normalized spacial score (nSPS) is 10.8. The number of nitrogens with zero attached hydrogens (tertiary/aromatic N) is 1. The Morgan fingerprint density at radius 2 is 2.29 bits per heavy atom. The molecule has 0 atom stereocenters. The number of rotatable bonds is 3. The van der Waals surface area contributed by atoms with Gasteiger partial charge in [-0.05, 0) is 34.1 Å². The number of carbonyl (C=O) groups excluding carboxylic acids is 1. The van der Waals surface area contributed by atoms with E-state index in [2.05, 4.69) is 26.2 Å². The SMILES string of the molecule is COc1cc(N)cc2sc(NC(=O)c3ccc(Br)o3)nc12. The van der Waals surface area contributed by atoms with Crippen LogP contribution in [0.4, 0.5) is 10.8 Å². The summed E-state index contributed by atoms with van der Waals surface area (Å²) in [6.07, 6.45) is 0. The highest BCUT2D eigenvalue weighted by molar-refractivity contribution is 9.10. The maximum Gasteiger partial charge on any atom is 0.293 e. The molecule has 0 saturated heterocycles. The lowest BCUT2D eigenvalue weighted by atomic mass is 10.3. The van der Waals surface area contributed by atoms with E-state index in [1.54, 1.807) is 31.4 Å². The Labute approximate surface area is 132 Å². The van der Waals surface area contributed by atoms with E-state index in [9.17, 15) is 4.79 Å². The summed E-state index contributed by atoms with van der Waals surface area (Å²) in [6.45, 7) is 0. The Morgan fingerprint density at radius 3 is 2.95 bits per heavy atom. The van der Waals surface area contributed by atoms with Crippen molar-refractivity contribution in [3.8, 4) is 5.75 Å². The Balaban J connectivity index is 1.93. The van der Waals surface area contributed by atoms with Crippen LogP contribution in [0.5, 0.6) is 5.75 Å². The summed E-state index contributed by atoms with van der Waals surface area (Å²) in [5.74, 6) is 0.404. The van der Waals surface area contributed by atoms with Crippen molar-refractivity contribution < 1.29 is 13.9 Å². The second-order valence-electron chi connectivity index (χ2n) is 4.15. The van der Waals surface area contributed by atoms with Crippen molar-refractivity contribution in [2.75, 3.05) is 18.2 Å². The van der Waals surface area contributed by atoms with Gasteiger partial charge in [-0.3, -0.25) is 10.1 Å². The lowest BCUT2D eigenvalue weighted by Gasteiger charge is -2.01. The average molecular weight is 368 g/mol. The van der Waals surface area contributed by atoms with Gasteiger partial charge in [-0.15, -0.1) is 0 Å². The van der Waals surface area contributed by atoms with Crippen LogP contribution in [0.1, 0.15) is 10.6 Å². The number of nitrogens with two attached hydrogens (primary N) is 1. The highest BCUT2D eigenvalue weighted by Gasteiger charge is 2.15. The lowest BCUT2D eigenvalue weighted by Crippen LogP contribution is -2.10. The maximum absolute atomic E-state index is 12.0. The zero-order valence-electron chi connectivity index (χ0n) is 10.8. The Bertz CT molecular complexity index is 827. The largest absolute Gasteiger partial charge is 0.494 e. The van der Waals surface area contributed by atoms with Crippen LogP contribution in [-0.4, -0.2) is 18.0 Å². The second kappa shape index (κ2) is 5.38. The zero-order chi connectivity index (χ0) is 15.0. The molecule has 0 radical (unpaired) electrons. The van der Waals surface area contributed by atoms with Crippen LogP contribution in [0.3, 0.4) is 0 Å². The van der Waals surface area contributed by atoms with Crippen molar-refractivity contribution >= 4 is 54.2 Å². The smallest absolute Gasteiger partial charge is 0.293 e. The number of nitrogen functional groups attached to an aromatic ring is 1. The van der Waals surface area contributed by atoms with Crippen LogP contribution in [0.2, 0.25) is 0 Å². The minimum Gasteiger partial charge on any atom is -0.494 e. The number of carbonyl (C=O) groups is 1. The summed E-state index contributed by atoms with van der Waals surface area (Å²) in [4.78, 5) is 16.4. The number of ether oxygens (including phenoxy) is 1. The number of benzene rings is 1. The van der Waals surface area contributed by atoms with Gasteiger partial charge in [-0.25, -0.2) is 4.98 Å². The number of aromatic nitrogens is 1. The Hall–Kier alpha value is -2.06. The van der Waals surface area contributed by atoms with Gasteiger partial charge in [-0.2, -0.15) is 0 Å². The second-order valence-corrected chi connectivity index (χ2v) is 5.96. The number of thiazole rings is 1. The first-order chi connectivity index (χ1) is 10.1. The van der Waals surface area contributed by atoms with Gasteiger partial charge in [0.15, 0.2) is 15.6 Å². The van der Waals surface area contributed by atoms with Gasteiger partial charge in [0, 0.05) is 11.8 Å². The van der Waals surface area contributed by atoms with Gasteiger partial charge in [0.1, 0.15) is 11.3 Å². The molecule has 0 bridgehead atoms. The predicted molar refractivity (Wildman–Crippen MR) is 84.9 cm³/mol. The fraction of sp³-hybridized carbons (Fsp3) is 0.0769. The van der Waals surface area contributed by atoms with Crippen molar-refractivity contribution in [3.05, 3.63) is 34.7 Å². The standard InChI is InChI=1S/C13H10BrN3O3S/c1-19-8-4-6(15)5-9-11(8)16-13(21-9)17-12(18)7-2-3-10(14)20-7/h2-5H,15H2,1H3,(H,16,17,18). The third-order valence-corrected chi connectivity index (χ3v) is 4.06. The molecule has 0 unspecified atom stereocenters. The molecule has 3 rings (SSSR count). The maximum atomic E-state index is 12.0. The first-order valence-corrected chi connectivity index (χ1v) is 7.48. The number of anilines is 2. The number of nitrogens with one attached hydrogen (secondary N) is 1. The summed E-state index contributed by atoms with van der Waals surface area (Å²) in [7, 11) is 1.55. The van der Waals surface area contributed by atoms with Gasteiger partial charge in [0.25, 0.3) is 5.91 Å². The molecular weight excluding hydrogens is 358 g/mol. The quantitative estimate of drug-likeness (QED) is 0.691. The van der Waals surface area contributed by atoms with Crippen molar-refractivity contribution in [1.82, 2.24) is 4.98 Å². The molecule has 3 N–H and O–H groups in total. The highest BCUT2D eigenvalue weighted by atomic mass is 79.9. The zero-order valence-corrected chi connectivity index (χ0v) is 13.2. The van der Waals surface area contributed by atoms with E-state index in [0.717, 1.165) is 4.70 Å². The highest BCUT2D eigenvalue weighted by Crippen LogP contribution is 2.34. The molecule has 8 heteroatoms. The van der Waals surface area contributed by atoms with Gasteiger partial charge >= 0.3 is 0 Å². The fourth-order valence-electron chi connectivity index (χ4n) is 1.82. The molecule has 0 aliphatic carbocycles. The molecule has 0 saturated carbocycles. The van der Waals surface area contributed by atoms with Crippen molar-refractivity contribution in [1.29, 1.82) is 0 Å². The first-order valence-electron chi connectivity index (χ1n) is 5.87. The molecule has 0 aliphatic heterocycles. The average Bonchev–Trinajstić information content (AvgIpc) is 3.03. The number of halogens is 1. The number of fused-ring (bicyclic) bond motifs is 1. The van der Waals surface area contributed by atoms with E-state index >= 15 is 0 Å². The van der Waals surface area contributed by atoms with Gasteiger partial charge in [-0.1, -0.05) is 11.3 Å². The molecule has 0 spiro atoms. The molecule has 0 fully saturated rings. The fourth-order valence-corrected chi connectivity index (χ4v) is 3.06. The van der Waals surface area contributed by atoms with Crippen molar-refractivity contribution in [3.63, 3.8) is 0 Å². The summed E-state index contributed by atoms with van der Waals surface area (Å²) < 4.78 is 11.8. The predicted octanol–water partition coefficient (Wildman–Crippen LogP) is 3.49. The van der Waals surface area contributed by atoms with Crippen LogP contribution in [-0.2, 0) is 0 Å². The molecule has 3 aromatic rings. The Kier molecular flexibility index (Phi) is 3.56. The van der Waals surface area contributed by atoms with Gasteiger partial charge in [0.05, 0.1) is 11.8 Å². The van der Waals surface area contributed by atoms with E-state index in [1.807, 2.05) is 0 Å². The van der Waals surface area contributed by atoms with E-state index in [0.29, 0.717) is 26.8 Å². The summed E-state index contributed by atoms with van der Waals surface area (Å²) in [6, 6.07) is 6.70. The van der Waals surface area contributed by atoms with E-state index < -0.39 is 0 Å². The first kappa shape index (κ1) is 13.9. The Morgan fingerprint density at radius 1 is 1.48 bits per heavy atom. The minimum absolute atomic E-state index is 0.201. The van der Waals surface area contributed by atoms with Gasteiger partial charge < -0.3 is 14.9 Å². The number of hydrogen-bond donors (Lipinski definition) is 2. The third kappa shape index (κ3) is 2.72. The van der Waals surface area contributed by atoms with Crippen molar-refractivity contribution in [2.45, 2.75) is 0 Å². The molecule has 1 aromatic carbocycles. The van der Waals surface area contributed by atoms with Crippen LogP contribution in [0.25, 0.3) is 10.2 Å². The third-order valence-electron chi connectivity index (χ3n) is 2.72. The molecule has 2 heterocycles. The molecular formula is C13H10BrN3O3S. The van der Waals surface area contributed by atoms with Crippen LogP contribution < -0.4 is 15.8 Å². The lowest BCUT2D eigenvalue weighted by molar-refractivity contribution is 0.0995. The molecule has 2 aromatic heterocycles. The van der Waals surface area contributed by atoms with Crippen molar-refractivity contribution in [2.24, 2.45) is 0 Å². The van der Waals surface area contributed by atoms with E-state index in [-0.39, 0.29) is 11.7 Å². The molecule has 0 aliphatic rings. The van der Waals surface area contributed by atoms with Crippen LogP contribution >= 0.6 is 27.3 Å². The number of furan rings is 1. The number of hydrogen-bond acceptors (Lipinski definition) is 6. The monoisotopic (exact) mass is 367 g/mol. The minimum atomic E-state index is -0.369. The molecule has 1 amide bonds. The van der Waals surface area contributed by atoms with Crippen LogP contribution in [0.15, 0.2) is 33.4 Å². The summed E-state index contributed by atoms with van der Waals surface area (Å²) >= 11 is 4.47. The van der Waals surface area contributed by atoms with E-state index in [4.69, 9.17) is 14.9 Å². The molecule has 21 heavy (non-hydrogen) atoms. The molecule has 108 valence electrons. The van der Waals surface area contributed by atoms with Gasteiger partial charge in [0.2, 0.25) is 0 Å². The number of amides is 1. The summed E-state index contributed by atoms with van der Waals surface area (Å²) in [5, 5.41) is 3.14. The number of methoxy groups -OCH3 is 1. The van der Waals surface area contributed by atoms with Crippen LogP contribution in [0, 0.1) is 0 Å². The molecule has 6 nitrogen and oxygen atoms in total. The van der Waals surface area contributed by atoms with E-state index in [1.165, 1.54) is 11.3 Å². The summed E-state index contributed by atoms with van der Waals surface area (Å²) in [5.41, 5.74) is 7.04.